The first-order valence-electron chi connectivity index (χ1n) is 4.23. The molecule has 4 heteroatoms. The number of rotatable bonds is 3. The van der Waals surface area contributed by atoms with Gasteiger partial charge in [-0.3, -0.25) is 4.79 Å². The van der Waals surface area contributed by atoms with Gasteiger partial charge in [-0.15, -0.1) is 23.4 Å². The maximum atomic E-state index is 11.3. The summed E-state index contributed by atoms with van der Waals surface area (Å²) in [6.07, 6.45) is 1.97. The Bertz CT molecular complexity index is 328. The van der Waals surface area contributed by atoms with Crippen LogP contribution in [-0.4, -0.2) is 17.5 Å². The molecule has 0 aliphatic carbocycles. The molecule has 76 valence electrons. The first-order valence-corrected chi connectivity index (χ1v) is 5.89. The highest BCUT2D eigenvalue weighted by molar-refractivity contribution is 7.98. The summed E-state index contributed by atoms with van der Waals surface area (Å²) < 4.78 is 0. The Morgan fingerprint density at radius 3 is 2.71 bits per heavy atom. The van der Waals surface area contributed by atoms with Crippen molar-refractivity contribution in [2.24, 2.45) is 0 Å². The van der Waals surface area contributed by atoms with E-state index < -0.39 is 5.38 Å². The zero-order valence-electron chi connectivity index (χ0n) is 8.08. The number of halogens is 1. The van der Waals surface area contributed by atoms with Crippen LogP contribution in [0.4, 0.5) is 5.69 Å². The van der Waals surface area contributed by atoms with E-state index in [4.69, 9.17) is 11.6 Å². The molecule has 0 saturated heterocycles. The number of nitrogens with one attached hydrogen (secondary N) is 1. The van der Waals surface area contributed by atoms with Gasteiger partial charge in [-0.25, -0.2) is 0 Å². The zero-order valence-corrected chi connectivity index (χ0v) is 9.65. The zero-order chi connectivity index (χ0) is 10.6. The normalized spacial score (nSPS) is 12.2. The van der Waals surface area contributed by atoms with Gasteiger partial charge in [-0.2, -0.15) is 0 Å². The average molecular weight is 230 g/mol. The maximum Gasteiger partial charge on any atom is 0.242 e. The maximum absolute atomic E-state index is 11.3. The number of amides is 1. The van der Waals surface area contributed by atoms with Gasteiger partial charge in [-0.1, -0.05) is 12.1 Å². The summed E-state index contributed by atoms with van der Waals surface area (Å²) >= 11 is 7.25. The van der Waals surface area contributed by atoms with Crippen molar-refractivity contribution in [3.63, 3.8) is 0 Å². The van der Waals surface area contributed by atoms with Crippen LogP contribution >= 0.6 is 23.4 Å². The molecule has 1 aromatic carbocycles. The smallest absolute Gasteiger partial charge is 0.242 e. The number of alkyl halides is 1. The van der Waals surface area contributed by atoms with Crippen LogP contribution in [0.1, 0.15) is 6.92 Å². The van der Waals surface area contributed by atoms with E-state index in [0.29, 0.717) is 0 Å². The lowest BCUT2D eigenvalue weighted by molar-refractivity contribution is -0.115. The molecule has 1 rings (SSSR count). The monoisotopic (exact) mass is 229 g/mol. The van der Waals surface area contributed by atoms with Gasteiger partial charge in [0.15, 0.2) is 0 Å². The Morgan fingerprint density at radius 2 is 2.14 bits per heavy atom. The van der Waals surface area contributed by atoms with E-state index in [1.165, 1.54) is 0 Å². The summed E-state index contributed by atoms with van der Waals surface area (Å²) in [7, 11) is 0. The second kappa shape index (κ2) is 5.27. The number of carbonyl (C=O) groups excluding carboxylic acids is 1. The largest absolute Gasteiger partial charge is 0.324 e. The van der Waals surface area contributed by atoms with Gasteiger partial charge in [-0.05, 0) is 25.3 Å². The Labute approximate surface area is 93.0 Å². The molecule has 0 fully saturated rings. The van der Waals surface area contributed by atoms with E-state index in [-0.39, 0.29) is 5.91 Å². The molecule has 0 saturated carbocycles. The van der Waals surface area contributed by atoms with Gasteiger partial charge in [0.05, 0.1) is 5.69 Å². The fourth-order valence-electron chi connectivity index (χ4n) is 0.980. The number of benzene rings is 1. The first kappa shape index (κ1) is 11.4. The van der Waals surface area contributed by atoms with Crippen molar-refractivity contribution in [1.82, 2.24) is 0 Å². The second-order valence-corrected chi connectivity index (χ2v) is 4.31. The minimum absolute atomic E-state index is 0.173. The molecule has 0 aromatic heterocycles. The van der Waals surface area contributed by atoms with Crippen LogP contribution in [0, 0.1) is 0 Å². The Kier molecular flexibility index (Phi) is 4.29. The molecule has 0 unspecified atom stereocenters. The minimum atomic E-state index is -0.509. The third kappa shape index (κ3) is 2.93. The summed E-state index contributed by atoms with van der Waals surface area (Å²) in [5.41, 5.74) is 0.817. The molecule has 0 radical (unpaired) electrons. The van der Waals surface area contributed by atoms with Crippen molar-refractivity contribution in [3.8, 4) is 0 Å². The lowest BCUT2D eigenvalue weighted by Crippen LogP contribution is -2.20. The Morgan fingerprint density at radius 1 is 1.50 bits per heavy atom. The van der Waals surface area contributed by atoms with E-state index in [0.717, 1.165) is 10.6 Å². The lowest BCUT2D eigenvalue weighted by atomic mass is 10.3. The minimum Gasteiger partial charge on any atom is -0.324 e. The summed E-state index contributed by atoms with van der Waals surface area (Å²) in [5.74, 6) is -0.173. The van der Waals surface area contributed by atoms with Gasteiger partial charge in [0.25, 0.3) is 0 Å². The van der Waals surface area contributed by atoms with Crippen molar-refractivity contribution in [2.75, 3.05) is 11.6 Å². The highest BCUT2D eigenvalue weighted by Gasteiger charge is 2.10. The van der Waals surface area contributed by atoms with Crippen LogP contribution < -0.4 is 5.32 Å². The van der Waals surface area contributed by atoms with Crippen LogP contribution in [0.5, 0.6) is 0 Å². The quantitative estimate of drug-likeness (QED) is 0.638. The molecule has 14 heavy (non-hydrogen) atoms. The van der Waals surface area contributed by atoms with E-state index in [1.807, 2.05) is 30.5 Å². The third-order valence-corrected chi connectivity index (χ3v) is 2.72. The van der Waals surface area contributed by atoms with Gasteiger partial charge in [0, 0.05) is 4.90 Å². The van der Waals surface area contributed by atoms with Crippen molar-refractivity contribution in [3.05, 3.63) is 24.3 Å². The molecule has 0 aliphatic heterocycles. The third-order valence-electron chi connectivity index (χ3n) is 1.73. The summed E-state index contributed by atoms with van der Waals surface area (Å²) in [6.45, 7) is 1.65. The summed E-state index contributed by atoms with van der Waals surface area (Å²) in [6, 6.07) is 7.64. The second-order valence-electron chi connectivity index (χ2n) is 2.81. The van der Waals surface area contributed by atoms with E-state index >= 15 is 0 Å². The molecule has 1 amide bonds. The van der Waals surface area contributed by atoms with E-state index in [2.05, 4.69) is 5.32 Å². The van der Waals surface area contributed by atoms with E-state index in [9.17, 15) is 4.79 Å². The van der Waals surface area contributed by atoms with Crippen molar-refractivity contribution in [1.29, 1.82) is 0 Å². The predicted molar refractivity (Wildman–Crippen MR) is 62.2 cm³/mol. The Balaban J connectivity index is 2.80. The highest BCUT2D eigenvalue weighted by atomic mass is 35.5. The fourth-order valence-corrected chi connectivity index (χ4v) is 1.59. The molecule has 1 atom stereocenters. The highest BCUT2D eigenvalue weighted by Crippen LogP contribution is 2.24. The molecule has 2 nitrogen and oxygen atoms in total. The average Bonchev–Trinajstić information content (AvgIpc) is 2.18. The van der Waals surface area contributed by atoms with Crippen LogP contribution in [0.3, 0.4) is 0 Å². The van der Waals surface area contributed by atoms with Crippen LogP contribution in [0.15, 0.2) is 29.2 Å². The number of hydrogen-bond acceptors (Lipinski definition) is 2. The van der Waals surface area contributed by atoms with Gasteiger partial charge in [0.1, 0.15) is 5.38 Å². The molecule has 0 bridgehead atoms. The topological polar surface area (TPSA) is 29.1 Å². The number of anilines is 1. The van der Waals surface area contributed by atoms with Crippen molar-refractivity contribution < 1.29 is 4.79 Å². The SMILES string of the molecule is CSc1ccccc1NC(=O)[C@@H](C)Cl. The number of thioether (sulfide) groups is 1. The van der Waals surface area contributed by atoms with Gasteiger partial charge >= 0.3 is 0 Å². The number of para-hydroxylation sites is 1. The number of carbonyl (C=O) groups is 1. The molecular formula is C10H12ClNOS. The fraction of sp³-hybridized carbons (Fsp3) is 0.300. The number of hydrogen-bond donors (Lipinski definition) is 1. The standard InChI is InChI=1S/C10H12ClNOS/c1-7(11)10(13)12-8-5-3-4-6-9(8)14-2/h3-7H,1-2H3,(H,12,13)/t7-/m1/s1. The van der Waals surface area contributed by atoms with Crippen molar-refractivity contribution >= 4 is 35.0 Å². The molecule has 0 heterocycles. The molecule has 0 spiro atoms. The predicted octanol–water partition coefficient (Wildman–Crippen LogP) is 2.97. The molecule has 1 aromatic rings. The van der Waals surface area contributed by atoms with Crippen molar-refractivity contribution in [2.45, 2.75) is 17.2 Å². The molecule has 1 N–H and O–H groups in total. The van der Waals surface area contributed by atoms with Crippen LogP contribution in [0.25, 0.3) is 0 Å². The summed E-state index contributed by atoms with van der Waals surface area (Å²) in [4.78, 5) is 12.4. The summed E-state index contributed by atoms with van der Waals surface area (Å²) in [5, 5.41) is 2.26. The van der Waals surface area contributed by atoms with Gasteiger partial charge < -0.3 is 5.32 Å². The molecular weight excluding hydrogens is 218 g/mol. The lowest BCUT2D eigenvalue weighted by Gasteiger charge is -2.09. The van der Waals surface area contributed by atoms with Crippen LogP contribution in [-0.2, 0) is 4.79 Å². The van der Waals surface area contributed by atoms with E-state index in [1.54, 1.807) is 18.7 Å². The molecule has 0 aliphatic rings. The first-order chi connectivity index (χ1) is 6.65. The van der Waals surface area contributed by atoms with Crippen LogP contribution in [0.2, 0.25) is 0 Å². The Hall–Kier alpha value is -0.670. The van der Waals surface area contributed by atoms with Gasteiger partial charge in [0.2, 0.25) is 5.91 Å².